The van der Waals surface area contributed by atoms with E-state index in [4.69, 9.17) is 21.4 Å². The predicted molar refractivity (Wildman–Crippen MR) is 100 cm³/mol. The van der Waals surface area contributed by atoms with E-state index in [1.54, 1.807) is 12.1 Å². The summed E-state index contributed by atoms with van der Waals surface area (Å²) in [6.45, 7) is 2.47. The summed E-state index contributed by atoms with van der Waals surface area (Å²) in [6.07, 6.45) is 2.80. The average molecular weight is 360 g/mol. The van der Waals surface area contributed by atoms with Gasteiger partial charge >= 0.3 is 0 Å². The van der Waals surface area contributed by atoms with Crippen molar-refractivity contribution in [1.29, 1.82) is 0 Å². The monoisotopic (exact) mass is 359 g/mol. The van der Waals surface area contributed by atoms with Crippen molar-refractivity contribution in [3.63, 3.8) is 0 Å². The van der Waals surface area contributed by atoms with Gasteiger partial charge in [0.05, 0.1) is 19.3 Å². The molecule has 1 amide bonds. The molecule has 0 aliphatic rings. The molecule has 2 N–H and O–H groups in total. The first-order chi connectivity index (χ1) is 12.1. The van der Waals surface area contributed by atoms with Crippen molar-refractivity contribution >= 4 is 23.6 Å². The Morgan fingerprint density at radius 2 is 1.96 bits per heavy atom. The molecule has 1 unspecified atom stereocenters. The lowest BCUT2D eigenvalue weighted by atomic mass is 10.1. The molecular formula is C20H22ClNO3. The standard InChI is InChI=1S/C20H22ClNO3/c1-15-6-8-17(9-7-15)19(25-13-12-23)14-22-20(24)11-10-16-4-2-3-5-18(16)21/h2-11,19,23H,12-14H2,1H3,(H,22,24). The summed E-state index contributed by atoms with van der Waals surface area (Å²) < 4.78 is 5.64. The molecule has 0 aliphatic heterocycles. The minimum absolute atomic E-state index is 0.0667. The number of hydrogen-bond acceptors (Lipinski definition) is 3. The zero-order valence-corrected chi connectivity index (χ0v) is 14.9. The number of benzene rings is 2. The molecule has 0 aliphatic carbocycles. The second-order valence-corrected chi connectivity index (χ2v) is 6.00. The Morgan fingerprint density at radius 1 is 1.24 bits per heavy atom. The van der Waals surface area contributed by atoms with Crippen LogP contribution in [0.1, 0.15) is 22.8 Å². The molecular weight excluding hydrogens is 338 g/mol. The topological polar surface area (TPSA) is 58.6 Å². The largest absolute Gasteiger partial charge is 0.394 e. The fourth-order valence-corrected chi connectivity index (χ4v) is 2.48. The second kappa shape index (κ2) is 9.99. The van der Waals surface area contributed by atoms with Gasteiger partial charge in [-0.05, 0) is 30.2 Å². The maximum Gasteiger partial charge on any atom is 0.244 e. The molecule has 2 aromatic rings. The van der Waals surface area contributed by atoms with Crippen LogP contribution in [0.4, 0.5) is 0 Å². The molecule has 0 bridgehead atoms. The van der Waals surface area contributed by atoms with Crippen LogP contribution in [0, 0.1) is 6.92 Å². The van der Waals surface area contributed by atoms with Gasteiger partial charge in [-0.15, -0.1) is 0 Å². The third-order valence-corrected chi connectivity index (χ3v) is 3.98. The van der Waals surface area contributed by atoms with Gasteiger partial charge in [0.2, 0.25) is 5.91 Å². The Kier molecular flexibility index (Phi) is 7.67. The molecule has 2 rings (SSSR count). The fourth-order valence-electron chi connectivity index (χ4n) is 2.28. The Bertz CT molecular complexity index is 713. The quantitative estimate of drug-likeness (QED) is 0.709. The molecule has 25 heavy (non-hydrogen) atoms. The second-order valence-electron chi connectivity index (χ2n) is 5.59. The van der Waals surface area contributed by atoms with Crippen molar-refractivity contribution in [3.05, 3.63) is 76.3 Å². The van der Waals surface area contributed by atoms with Crippen LogP contribution >= 0.6 is 11.6 Å². The van der Waals surface area contributed by atoms with E-state index >= 15 is 0 Å². The number of carbonyl (C=O) groups is 1. The highest BCUT2D eigenvalue weighted by molar-refractivity contribution is 6.32. The van der Waals surface area contributed by atoms with Gasteiger partial charge in [0.1, 0.15) is 0 Å². The average Bonchev–Trinajstić information content (AvgIpc) is 2.62. The molecule has 2 aromatic carbocycles. The number of halogens is 1. The predicted octanol–water partition coefficient (Wildman–Crippen LogP) is 3.53. The summed E-state index contributed by atoms with van der Waals surface area (Å²) >= 11 is 6.06. The molecule has 0 spiro atoms. The van der Waals surface area contributed by atoms with E-state index in [1.807, 2.05) is 49.4 Å². The van der Waals surface area contributed by atoms with Crippen molar-refractivity contribution in [1.82, 2.24) is 5.32 Å². The minimum atomic E-state index is -0.314. The van der Waals surface area contributed by atoms with Gasteiger partial charge in [-0.2, -0.15) is 0 Å². The normalized spacial score (nSPS) is 12.3. The molecule has 0 saturated carbocycles. The number of aryl methyl sites for hydroxylation is 1. The summed E-state index contributed by atoms with van der Waals surface area (Å²) in [5.41, 5.74) is 2.89. The lowest BCUT2D eigenvalue weighted by Gasteiger charge is -2.18. The molecule has 0 heterocycles. The van der Waals surface area contributed by atoms with Crippen LogP contribution in [0.5, 0.6) is 0 Å². The number of nitrogens with one attached hydrogen (secondary N) is 1. The molecule has 5 heteroatoms. The van der Waals surface area contributed by atoms with E-state index in [-0.39, 0.29) is 25.2 Å². The van der Waals surface area contributed by atoms with Crippen molar-refractivity contribution in [3.8, 4) is 0 Å². The Hall–Kier alpha value is -2.14. The summed E-state index contributed by atoms with van der Waals surface area (Å²) in [6, 6.07) is 15.2. The first-order valence-corrected chi connectivity index (χ1v) is 8.47. The van der Waals surface area contributed by atoms with Gasteiger partial charge in [-0.3, -0.25) is 4.79 Å². The lowest BCUT2D eigenvalue weighted by molar-refractivity contribution is -0.117. The third-order valence-electron chi connectivity index (χ3n) is 3.64. The van der Waals surface area contributed by atoms with Crippen molar-refractivity contribution in [2.45, 2.75) is 13.0 Å². The van der Waals surface area contributed by atoms with E-state index in [0.717, 1.165) is 16.7 Å². The molecule has 0 saturated heterocycles. The van der Waals surface area contributed by atoms with Gasteiger partial charge in [-0.25, -0.2) is 0 Å². The summed E-state index contributed by atoms with van der Waals surface area (Å²) in [5.74, 6) is -0.232. The van der Waals surface area contributed by atoms with Crippen LogP contribution < -0.4 is 5.32 Å². The third kappa shape index (κ3) is 6.35. The van der Waals surface area contributed by atoms with Crippen LogP contribution in [0.15, 0.2) is 54.6 Å². The van der Waals surface area contributed by atoms with Gasteiger partial charge in [0.25, 0.3) is 0 Å². The maximum atomic E-state index is 12.0. The highest BCUT2D eigenvalue weighted by Crippen LogP contribution is 2.18. The van der Waals surface area contributed by atoms with Crippen LogP contribution in [-0.4, -0.2) is 30.8 Å². The Labute approximate surface area is 153 Å². The molecule has 4 nitrogen and oxygen atoms in total. The molecule has 0 fully saturated rings. The van der Waals surface area contributed by atoms with Crippen LogP contribution in [0.2, 0.25) is 5.02 Å². The van der Waals surface area contributed by atoms with Crippen LogP contribution in [-0.2, 0) is 9.53 Å². The minimum Gasteiger partial charge on any atom is -0.394 e. The molecule has 0 aromatic heterocycles. The van der Waals surface area contributed by atoms with E-state index in [2.05, 4.69) is 5.32 Å². The van der Waals surface area contributed by atoms with Gasteiger partial charge in [-0.1, -0.05) is 59.6 Å². The van der Waals surface area contributed by atoms with Crippen molar-refractivity contribution in [2.75, 3.05) is 19.8 Å². The Balaban J connectivity index is 1.96. The van der Waals surface area contributed by atoms with Crippen molar-refractivity contribution < 1.29 is 14.6 Å². The number of aliphatic hydroxyl groups is 1. The number of hydrogen-bond donors (Lipinski definition) is 2. The van der Waals surface area contributed by atoms with E-state index in [1.165, 1.54) is 6.08 Å². The smallest absolute Gasteiger partial charge is 0.244 e. The lowest BCUT2D eigenvalue weighted by Crippen LogP contribution is -2.28. The molecule has 132 valence electrons. The zero-order chi connectivity index (χ0) is 18.1. The molecule has 1 atom stereocenters. The van der Waals surface area contributed by atoms with E-state index < -0.39 is 0 Å². The number of aliphatic hydroxyl groups excluding tert-OH is 1. The van der Waals surface area contributed by atoms with Crippen molar-refractivity contribution in [2.24, 2.45) is 0 Å². The zero-order valence-electron chi connectivity index (χ0n) is 14.1. The Morgan fingerprint density at radius 3 is 2.64 bits per heavy atom. The number of amides is 1. The van der Waals surface area contributed by atoms with Gasteiger partial charge in [0.15, 0.2) is 0 Å². The van der Waals surface area contributed by atoms with Crippen LogP contribution in [0.3, 0.4) is 0 Å². The highest BCUT2D eigenvalue weighted by Gasteiger charge is 2.12. The van der Waals surface area contributed by atoms with Gasteiger partial charge in [0, 0.05) is 17.6 Å². The number of rotatable bonds is 8. The van der Waals surface area contributed by atoms with E-state index in [0.29, 0.717) is 11.6 Å². The summed E-state index contributed by atoms with van der Waals surface area (Å²) in [4.78, 5) is 12.0. The first-order valence-electron chi connectivity index (χ1n) is 8.09. The summed E-state index contributed by atoms with van der Waals surface area (Å²) in [7, 11) is 0. The first kappa shape index (κ1) is 19.2. The SMILES string of the molecule is Cc1ccc(C(CNC(=O)C=Cc2ccccc2Cl)OCCO)cc1. The highest BCUT2D eigenvalue weighted by atomic mass is 35.5. The van der Waals surface area contributed by atoms with E-state index in [9.17, 15) is 4.79 Å². The summed E-state index contributed by atoms with van der Waals surface area (Å²) in [5, 5.41) is 12.4. The van der Waals surface area contributed by atoms with Gasteiger partial charge < -0.3 is 15.2 Å². The molecule has 0 radical (unpaired) electrons. The number of ether oxygens (including phenoxy) is 1. The maximum absolute atomic E-state index is 12.0. The van der Waals surface area contributed by atoms with Crippen LogP contribution in [0.25, 0.3) is 6.08 Å². The number of carbonyl (C=O) groups excluding carboxylic acids is 1. The fraction of sp³-hybridized carbons (Fsp3) is 0.250.